The van der Waals surface area contributed by atoms with E-state index in [1.807, 2.05) is 11.0 Å². The monoisotopic (exact) mass is 287 g/mol. The normalized spacial score (nSPS) is 27.0. The molecule has 1 aromatic carbocycles. The highest BCUT2D eigenvalue weighted by atomic mass is 16.2. The molecule has 0 unspecified atom stereocenters. The number of nitrogens with two attached hydrogens (primary N) is 1. The summed E-state index contributed by atoms with van der Waals surface area (Å²) in [7, 11) is 0. The Morgan fingerprint density at radius 3 is 2.52 bits per heavy atom. The number of piperidine rings is 1. The fourth-order valence-electron chi connectivity index (χ4n) is 3.53. The molecule has 4 nitrogen and oxygen atoms in total. The van der Waals surface area contributed by atoms with Crippen LogP contribution in [0.3, 0.4) is 0 Å². The van der Waals surface area contributed by atoms with Gasteiger partial charge in [-0.15, -0.1) is 0 Å². The molecule has 2 fully saturated rings. The Kier molecular flexibility index (Phi) is 4.56. The van der Waals surface area contributed by atoms with Gasteiger partial charge in [-0.3, -0.25) is 9.69 Å². The standard InChI is InChI=1S/C17H25N3O/c18-16-12-19(11-15(16)14-7-3-1-4-8-14)13-17(21)20-9-5-2-6-10-20/h1,3-4,7-8,15-16H,2,5-6,9-13,18H2/t15-,16+/m0/s1. The first kappa shape index (κ1) is 14.5. The molecule has 0 aliphatic carbocycles. The van der Waals surface area contributed by atoms with Crippen molar-refractivity contribution in [1.29, 1.82) is 0 Å². The van der Waals surface area contributed by atoms with E-state index in [4.69, 9.17) is 5.73 Å². The van der Waals surface area contributed by atoms with Crippen molar-refractivity contribution in [2.45, 2.75) is 31.2 Å². The van der Waals surface area contributed by atoms with Crippen molar-refractivity contribution in [2.75, 3.05) is 32.7 Å². The molecular weight excluding hydrogens is 262 g/mol. The van der Waals surface area contributed by atoms with Gasteiger partial charge in [-0.1, -0.05) is 30.3 Å². The van der Waals surface area contributed by atoms with Crippen LogP contribution in [0.4, 0.5) is 0 Å². The molecule has 3 rings (SSSR count). The summed E-state index contributed by atoms with van der Waals surface area (Å²) in [6.07, 6.45) is 3.56. The highest BCUT2D eigenvalue weighted by Crippen LogP contribution is 2.26. The molecule has 4 heteroatoms. The van der Waals surface area contributed by atoms with Crippen molar-refractivity contribution in [1.82, 2.24) is 9.80 Å². The predicted octanol–water partition coefficient (Wildman–Crippen LogP) is 1.43. The summed E-state index contributed by atoms with van der Waals surface area (Å²) in [5.41, 5.74) is 7.58. The third-order valence-corrected chi connectivity index (χ3v) is 4.74. The van der Waals surface area contributed by atoms with E-state index in [2.05, 4.69) is 29.2 Å². The maximum atomic E-state index is 12.3. The minimum absolute atomic E-state index is 0.126. The zero-order valence-electron chi connectivity index (χ0n) is 12.6. The lowest BCUT2D eigenvalue weighted by Gasteiger charge is -2.28. The molecule has 1 aromatic rings. The lowest BCUT2D eigenvalue weighted by molar-refractivity contribution is -0.133. The molecule has 2 aliphatic rings. The van der Waals surface area contributed by atoms with Crippen LogP contribution in [0.2, 0.25) is 0 Å². The van der Waals surface area contributed by atoms with E-state index < -0.39 is 0 Å². The number of hydrogen-bond acceptors (Lipinski definition) is 3. The predicted molar refractivity (Wildman–Crippen MR) is 84.0 cm³/mol. The number of carbonyl (C=O) groups excluding carboxylic acids is 1. The molecule has 2 atom stereocenters. The van der Waals surface area contributed by atoms with Crippen molar-refractivity contribution in [3.8, 4) is 0 Å². The van der Waals surface area contributed by atoms with Crippen LogP contribution in [0, 0.1) is 0 Å². The van der Waals surface area contributed by atoms with Crippen LogP contribution in [-0.2, 0) is 4.79 Å². The fraction of sp³-hybridized carbons (Fsp3) is 0.588. The highest BCUT2D eigenvalue weighted by Gasteiger charge is 2.32. The number of benzene rings is 1. The van der Waals surface area contributed by atoms with Gasteiger partial charge >= 0.3 is 0 Å². The summed E-state index contributed by atoms with van der Waals surface area (Å²) in [5.74, 6) is 0.621. The number of carbonyl (C=O) groups is 1. The summed E-state index contributed by atoms with van der Waals surface area (Å²) in [6.45, 7) is 4.10. The van der Waals surface area contributed by atoms with Gasteiger partial charge in [0.1, 0.15) is 0 Å². The van der Waals surface area contributed by atoms with Gasteiger partial charge in [0, 0.05) is 38.1 Å². The van der Waals surface area contributed by atoms with Gasteiger partial charge in [-0.2, -0.15) is 0 Å². The second-order valence-electron chi connectivity index (χ2n) is 6.32. The van der Waals surface area contributed by atoms with Crippen LogP contribution < -0.4 is 5.73 Å². The molecule has 0 saturated carbocycles. The summed E-state index contributed by atoms with van der Waals surface area (Å²) < 4.78 is 0. The zero-order valence-corrected chi connectivity index (χ0v) is 12.6. The maximum absolute atomic E-state index is 12.3. The van der Waals surface area contributed by atoms with Gasteiger partial charge in [0.15, 0.2) is 0 Å². The minimum atomic E-state index is 0.126. The van der Waals surface area contributed by atoms with Gasteiger partial charge in [-0.05, 0) is 24.8 Å². The molecular formula is C17H25N3O. The molecule has 1 amide bonds. The van der Waals surface area contributed by atoms with Gasteiger partial charge in [-0.25, -0.2) is 0 Å². The average Bonchev–Trinajstić information content (AvgIpc) is 2.89. The quantitative estimate of drug-likeness (QED) is 0.915. The van der Waals surface area contributed by atoms with E-state index in [1.165, 1.54) is 12.0 Å². The average molecular weight is 287 g/mol. The third-order valence-electron chi connectivity index (χ3n) is 4.74. The first-order valence-corrected chi connectivity index (χ1v) is 8.04. The number of nitrogens with zero attached hydrogens (tertiary/aromatic N) is 2. The lowest BCUT2D eigenvalue weighted by atomic mass is 9.95. The Hall–Kier alpha value is -1.39. The Balaban J connectivity index is 1.57. The molecule has 0 spiro atoms. The van der Waals surface area contributed by atoms with Gasteiger partial charge in [0.25, 0.3) is 0 Å². The molecule has 2 N–H and O–H groups in total. The van der Waals surface area contributed by atoms with E-state index in [0.717, 1.165) is 39.0 Å². The Morgan fingerprint density at radius 2 is 1.81 bits per heavy atom. The first-order chi connectivity index (χ1) is 10.2. The SMILES string of the molecule is N[C@@H]1CN(CC(=O)N2CCCCC2)C[C@H]1c1ccccc1. The maximum Gasteiger partial charge on any atom is 0.236 e. The Morgan fingerprint density at radius 1 is 1.10 bits per heavy atom. The van der Waals surface area contributed by atoms with Crippen LogP contribution in [-0.4, -0.2) is 54.5 Å². The molecule has 2 saturated heterocycles. The number of likely N-dealkylation sites (tertiary alicyclic amines) is 2. The van der Waals surface area contributed by atoms with Crippen LogP contribution in [0.25, 0.3) is 0 Å². The summed E-state index contributed by atoms with van der Waals surface area (Å²) in [6, 6.07) is 10.6. The molecule has 0 bridgehead atoms. The third kappa shape index (κ3) is 3.44. The summed E-state index contributed by atoms with van der Waals surface area (Å²) in [5, 5.41) is 0. The Bertz CT molecular complexity index is 470. The first-order valence-electron chi connectivity index (χ1n) is 8.04. The topological polar surface area (TPSA) is 49.6 Å². The van der Waals surface area contributed by atoms with Crippen LogP contribution in [0.1, 0.15) is 30.7 Å². The molecule has 114 valence electrons. The van der Waals surface area contributed by atoms with Crippen molar-refractivity contribution >= 4 is 5.91 Å². The minimum Gasteiger partial charge on any atom is -0.342 e. The van der Waals surface area contributed by atoms with Gasteiger partial charge < -0.3 is 10.6 Å². The molecule has 2 aliphatic heterocycles. The van der Waals surface area contributed by atoms with Gasteiger partial charge in [0.05, 0.1) is 6.54 Å². The largest absolute Gasteiger partial charge is 0.342 e. The second kappa shape index (κ2) is 6.58. The van der Waals surface area contributed by atoms with Crippen molar-refractivity contribution in [3.05, 3.63) is 35.9 Å². The second-order valence-corrected chi connectivity index (χ2v) is 6.32. The number of hydrogen-bond donors (Lipinski definition) is 1. The molecule has 0 radical (unpaired) electrons. The number of rotatable bonds is 3. The highest BCUT2D eigenvalue weighted by molar-refractivity contribution is 5.78. The van der Waals surface area contributed by atoms with Crippen LogP contribution in [0.5, 0.6) is 0 Å². The molecule has 2 heterocycles. The fourth-order valence-corrected chi connectivity index (χ4v) is 3.53. The smallest absolute Gasteiger partial charge is 0.236 e. The van der Waals surface area contributed by atoms with Crippen molar-refractivity contribution < 1.29 is 4.79 Å². The van der Waals surface area contributed by atoms with E-state index in [0.29, 0.717) is 12.5 Å². The lowest BCUT2D eigenvalue weighted by Crippen LogP contribution is -2.42. The van der Waals surface area contributed by atoms with E-state index in [-0.39, 0.29) is 11.9 Å². The molecule has 21 heavy (non-hydrogen) atoms. The van der Waals surface area contributed by atoms with E-state index in [9.17, 15) is 4.79 Å². The van der Waals surface area contributed by atoms with Crippen molar-refractivity contribution in [2.24, 2.45) is 5.73 Å². The zero-order chi connectivity index (χ0) is 14.7. The van der Waals surface area contributed by atoms with Crippen LogP contribution in [0.15, 0.2) is 30.3 Å². The summed E-state index contributed by atoms with van der Waals surface area (Å²) in [4.78, 5) is 16.6. The van der Waals surface area contributed by atoms with Crippen LogP contribution >= 0.6 is 0 Å². The van der Waals surface area contributed by atoms with E-state index >= 15 is 0 Å². The summed E-state index contributed by atoms with van der Waals surface area (Å²) >= 11 is 0. The number of amides is 1. The Labute approximate surface area is 126 Å². The van der Waals surface area contributed by atoms with Crippen molar-refractivity contribution in [3.63, 3.8) is 0 Å². The van der Waals surface area contributed by atoms with E-state index in [1.54, 1.807) is 0 Å². The molecule has 0 aromatic heterocycles. The van der Waals surface area contributed by atoms with Gasteiger partial charge in [0.2, 0.25) is 5.91 Å².